The molecule has 1 aliphatic rings. The molecular formula is C15H15NO2S. The van der Waals surface area contributed by atoms with Crippen molar-refractivity contribution in [3.8, 4) is 0 Å². The second-order valence-corrected chi connectivity index (χ2v) is 6.45. The van der Waals surface area contributed by atoms with Crippen LogP contribution in [0.2, 0.25) is 0 Å². The first-order valence-corrected chi connectivity index (χ1v) is 7.75. The number of carbonyl (C=O) groups is 1. The van der Waals surface area contributed by atoms with Crippen LogP contribution >= 0.6 is 0 Å². The molecule has 98 valence electrons. The van der Waals surface area contributed by atoms with Gasteiger partial charge in [0.25, 0.3) is 0 Å². The third-order valence-electron chi connectivity index (χ3n) is 3.54. The van der Waals surface area contributed by atoms with Crippen molar-refractivity contribution in [3.63, 3.8) is 0 Å². The first-order chi connectivity index (χ1) is 9.25. The van der Waals surface area contributed by atoms with E-state index in [9.17, 15) is 9.00 Å². The van der Waals surface area contributed by atoms with Crippen LogP contribution in [0.1, 0.15) is 27.6 Å². The fourth-order valence-electron chi connectivity index (χ4n) is 2.54. The van der Waals surface area contributed by atoms with Gasteiger partial charge in [-0.25, -0.2) is 0 Å². The number of hydrogen-bond donors (Lipinski definition) is 0. The molecule has 2 aromatic rings. The molecule has 2 atom stereocenters. The number of aromatic nitrogens is 1. The molecule has 1 unspecified atom stereocenters. The smallest absolute Gasteiger partial charge is 0.232 e. The molecule has 0 amide bonds. The van der Waals surface area contributed by atoms with Gasteiger partial charge in [-0.05, 0) is 29.7 Å². The first-order valence-electron chi connectivity index (χ1n) is 6.37. The molecule has 0 N–H and O–H groups in total. The molecule has 4 heteroatoms. The lowest BCUT2D eigenvalue weighted by Crippen LogP contribution is -2.23. The Bertz CT molecular complexity index is 619. The Morgan fingerprint density at radius 3 is 2.74 bits per heavy atom. The summed E-state index contributed by atoms with van der Waals surface area (Å²) in [4.78, 5) is 12.2. The van der Waals surface area contributed by atoms with Gasteiger partial charge in [-0.3, -0.25) is 13.6 Å². The van der Waals surface area contributed by atoms with Crippen molar-refractivity contribution in [2.24, 2.45) is 0 Å². The van der Waals surface area contributed by atoms with Crippen LogP contribution in [0, 0.1) is 0 Å². The molecule has 0 fully saturated rings. The van der Waals surface area contributed by atoms with Crippen LogP contribution in [0.25, 0.3) is 0 Å². The Morgan fingerprint density at radius 2 is 1.95 bits per heavy atom. The van der Waals surface area contributed by atoms with E-state index in [1.165, 1.54) is 5.56 Å². The van der Waals surface area contributed by atoms with Crippen molar-refractivity contribution < 1.29 is 9.00 Å². The highest BCUT2D eigenvalue weighted by atomic mass is 32.2. The van der Waals surface area contributed by atoms with E-state index in [1.54, 1.807) is 17.0 Å². The molecule has 19 heavy (non-hydrogen) atoms. The van der Waals surface area contributed by atoms with Crippen molar-refractivity contribution in [2.75, 3.05) is 5.75 Å². The van der Waals surface area contributed by atoms with Crippen LogP contribution in [0.15, 0.2) is 48.8 Å². The normalized spacial score (nSPS) is 21.9. The molecular weight excluding hydrogens is 258 g/mol. The Kier molecular flexibility index (Phi) is 3.34. The molecule has 3 nitrogen and oxygen atoms in total. The van der Waals surface area contributed by atoms with E-state index in [-0.39, 0.29) is 11.2 Å². The highest BCUT2D eigenvalue weighted by Crippen LogP contribution is 2.32. The minimum absolute atomic E-state index is 0.0000491. The largest absolute Gasteiger partial charge is 0.295 e. The highest BCUT2D eigenvalue weighted by Gasteiger charge is 2.28. The van der Waals surface area contributed by atoms with Crippen molar-refractivity contribution >= 4 is 16.7 Å². The number of nitrogens with zero attached hydrogens (tertiary/aromatic N) is 1. The van der Waals surface area contributed by atoms with Gasteiger partial charge in [0.2, 0.25) is 5.91 Å². The molecule has 2 heterocycles. The monoisotopic (exact) mass is 273 g/mol. The van der Waals surface area contributed by atoms with E-state index in [4.69, 9.17) is 0 Å². The predicted octanol–water partition coefficient (Wildman–Crippen LogP) is 2.56. The molecule has 0 radical (unpaired) electrons. The van der Waals surface area contributed by atoms with Crippen LogP contribution < -0.4 is 0 Å². The van der Waals surface area contributed by atoms with Crippen molar-refractivity contribution in [1.82, 2.24) is 4.57 Å². The molecule has 0 saturated carbocycles. The van der Waals surface area contributed by atoms with E-state index in [1.807, 2.05) is 30.3 Å². The second kappa shape index (κ2) is 5.13. The van der Waals surface area contributed by atoms with Gasteiger partial charge in [-0.15, -0.1) is 0 Å². The van der Waals surface area contributed by atoms with Crippen molar-refractivity contribution in [3.05, 3.63) is 59.9 Å². The summed E-state index contributed by atoms with van der Waals surface area (Å²) in [7, 11) is -0.956. The van der Waals surface area contributed by atoms with Gasteiger partial charge >= 0.3 is 0 Å². The molecule has 0 saturated heterocycles. The van der Waals surface area contributed by atoms with Crippen molar-refractivity contribution in [1.29, 1.82) is 0 Å². The maximum Gasteiger partial charge on any atom is 0.232 e. The van der Waals surface area contributed by atoms with Crippen LogP contribution in [0.5, 0.6) is 0 Å². The Hall–Kier alpha value is -1.68. The van der Waals surface area contributed by atoms with Gasteiger partial charge in [0.1, 0.15) is 0 Å². The van der Waals surface area contributed by atoms with E-state index >= 15 is 0 Å². The average Bonchev–Trinajstić information content (AvgIpc) is 2.96. The summed E-state index contributed by atoms with van der Waals surface area (Å²) < 4.78 is 13.8. The predicted molar refractivity (Wildman–Crippen MR) is 75.6 cm³/mol. The maximum absolute atomic E-state index is 12.2. The summed E-state index contributed by atoms with van der Waals surface area (Å²) >= 11 is 0. The van der Waals surface area contributed by atoms with Gasteiger partial charge in [0, 0.05) is 35.4 Å². The molecule has 3 rings (SSSR count). The summed E-state index contributed by atoms with van der Waals surface area (Å²) in [6.07, 6.45) is 4.62. The zero-order valence-electron chi connectivity index (χ0n) is 10.5. The zero-order chi connectivity index (χ0) is 13.2. The third kappa shape index (κ3) is 2.40. The van der Waals surface area contributed by atoms with E-state index < -0.39 is 10.8 Å². The lowest BCUT2D eigenvalue weighted by molar-refractivity contribution is 0.0901. The van der Waals surface area contributed by atoms with Crippen molar-refractivity contribution in [2.45, 2.75) is 18.1 Å². The fraction of sp³-hybridized carbons (Fsp3) is 0.267. The van der Waals surface area contributed by atoms with Gasteiger partial charge in [-0.2, -0.15) is 0 Å². The molecule has 1 aliphatic heterocycles. The summed E-state index contributed by atoms with van der Waals surface area (Å²) in [5, 5.41) is -0.167. The Balaban J connectivity index is 1.88. The quantitative estimate of drug-likeness (QED) is 0.843. The minimum atomic E-state index is -0.956. The number of carbonyl (C=O) groups excluding carboxylic acids is 1. The van der Waals surface area contributed by atoms with E-state index in [0.717, 1.165) is 12.0 Å². The van der Waals surface area contributed by atoms with Gasteiger partial charge in [0.05, 0.1) is 5.25 Å². The second-order valence-electron chi connectivity index (χ2n) is 4.71. The van der Waals surface area contributed by atoms with Gasteiger partial charge in [-0.1, -0.05) is 24.3 Å². The minimum Gasteiger partial charge on any atom is -0.295 e. The number of aryl methyl sites for hydroxylation is 1. The van der Waals surface area contributed by atoms with Gasteiger partial charge < -0.3 is 0 Å². The summed E-state index contributed by atoms with van der Waals surface area (Å²) in [6, 6.07) is 11.7. The zero-order valence-corrected chi connectivity index (χ0v) is 11.3. The molecule has 0 aliphatic carbocycles. The Labute approximate surface area is 114 Å². The first kappa shape index (κ1) is 12.4. The van der Waals surface area contributed by atoms with E-state index in [2.05, 4.69) is 6.07 Å². The lowest BCUT2D eigenvalue weighted by atomic mass is 10.00. The third-order valence-corrected chi connectivity index (χ3v) is 5.21. The maximum atomic E-state index is 12.2. The van der Waals surface area contributed by atoms with Crippen LogP contribution in [-0.2, 0) is 17.2 Å². The topological polar surface area (TPSA) is 39.1 Å². The molecule has 1 aromatic carbocycles. The number of fused-ring (bicyclic) bond motifs is 1. The lowest BCUT2D eigenvalue weighted by Gasteiger charge is -2.24. The average molecular weight is 273 g/mol. The summed E-state index contributed by atoms with van der Waals surface area (Å²) in [5.41, 5.74) is 2.31. The number of benzene rings is 1. The molecule has 1 aromatic heterocycles. The number of hydrogen-bond acceptors (Lipinski definition) is 2. The van der Waals surface area contributed by atoms with E-state index in [0.29, 0.717) is 12.2 Å². The molecule has 0 spiro atoms. The number of rotatable bonds is 2. The van der Waals surface area contributed by atoms with Crippen LogP contribution in [0.3, 0.4) is 0 Å². The highest BCUT2D eigenvalue weighted by molar-refractivity contribution is 7.85. The van der Waals surface area contributed by atoms with Crippen LogP contribution in [0.4, 0.5) is 0 Å². The summed E-state index contributed by atoms with van der Waals surface area (Å²) in [5.74, 6) is 0.653. The SMILES string of the molecule is O=C(C[C@H]1c2ccccc2CCS1=O)n1cccc1. The fourth-order valence-corrected chi connectivity index (χ4v) is 4.09. The summed E-state index contributed by atoms with van der Waals surface area (Å²) in [6.45, 7) is 0. The Morgan fingerprint density at radius 1 is 1.21 bits per heavy atom. The van der Waals surface area contributed by atoms with Crippen LogP contribution in [-0.4, -0.2) is 20.4 Å². The van der Waals surface area contributed by atoms with Gasteiger partial charge in [0.15, 0.2) is 0 Å². The molecule has 0 bridgehead atoms. The standard InChI is InChI=1S/C15H15NO2S/c17-15(16-8-3-4-9-16)11-14-13-6-2-1-5-12(13)7-10-19(14)18/h1-6,8-9,14H,7,10-11H2/t14-,19?/m0/s1.